The number of hydrogen-bond donors (Lipinski definition) is 17. The lowest BCUT2D eigenvalue weighted by Gasteiger charge is -2.27. The first kappa shape index (κ1) is 53.1. The van der Waals surface area contributed by atoms with E-state index in [2.05, 4.69) is 51.5 Å². The fourth-order valence-electron chi connectivity index (χ4n) is 5.19. The predicted molar refractivity (Wildman–Crippen MR) is 226 cm³/mol. The molecule has 0 aliphatic carbocycles. The van der Waals surface area contributed by atoms with Crippen molar-refractivity contribution in [3.8, 4) is 0 Å². The van der Waals surface area contributed by atoms with E-state index in [0.29, 0.717) is 0 Å². The Balaban J connectivity index is 6.61. The summed E-state index contributed by atoms with van der Waals surface area (Å²) in [6, 6.07) is -6.57. The normalized spacial score (nSPS) is 12.9. The van der Waals surface area contributed by atoms with E-state index in [1.54, 1.807) is 0 Å². The molecule has 0 spiro atoms. The molecule has 28 heteroatoms. The fourth-order valence-corrected chi connectivity index (χ4v) is 5.19. The van der Waals surface area contributed by atoms with E-state index >= 15 is 0 Å². The number of carbonyl (C=O) groups excluding carboxylic acids is 5. The maximum atomic E-state index is 14.0. The van der Waals surface area contributed by atoms with Gasteiger partial charge in [0.05, 0.1) is 6.54 Å². The van der Waals surface area contributed by atoms with Gasteiger partial charge in [-0.15, -0.1) is 0 Å². The first-order chi connectivity index (χ1) is 28.3. The van der Waals surface area contributed by atoms with Crippen LogP contribution in [0.3, 0.4) is 0 Å². The zero-order chi connectivity index (χ0) is 45.6. The summed E-state index contributed by atoms with van der Waals surface area (Å²) >= 11 is 0. The molecule has 0 aromatic rings. The first-order valence-electron chi connectivity index (χ1n) is 19.0. The number of rotatable bonds is 31. The Bertz CT molecular complexity index is 1530. The predicted octanol–water partition coefficient (Wildman–Crippen LogP) is -8.28. The second kappa shape index (κ2) is 30.2. The van der Waals surface area contributed by atoms with Gasteiger partial charge in [0.25, 0.3) is 0 Å². The summed E-state index contributed by atoms with van der Waals surface area (Å²) in [7, 11) is 0. The molecule has 60 heavy (non-hydrogen) atoms. The Labute approximate surface area is 347 Å². The second-order valence-corrected chi connectivity index (χ2v) is 13.2. The van der Waals surface area contributed by atoms with Crippen molar-refractivity contribution in [1.29, 1.82) is 0 Å². The van der Waals surface area contributed by atoms with Crippen molar-refractivity contribution in [3.05, 3.63) is 0 Å². The molecular formula is C32H65N21O7. The van der Waals surface area contributed by atoms with Crippen molar-refractivity contribution in [2.24, 2.45) is 88.0 Å². The van der Waals surface area contributed by atoms with E-state index in [1.165, 1.54) is 0 Å². The van der Waals surface area contributed by atoms with Crippen LogP contribution in [0, 0.1) is 0 Å². The molecule has 0 bridgehead atoms. The standard InChI is InChI=1S/C32H65N21O7/c33-16-22(54)49-17(6-1-11-44-28(34)35)23(55)50-18(7-2-12-45-29(36)37)24(56)51-19(8-3-13-46-30(38)39)25(57)52-20(9-4-14-47-31(40)41)26(58)53-21(27(59)60)10-5-15-48-32(42)43/h17-21H,1-16,33H2,(H,49,54)(H,50,55)(H,51,56)(H,52,57)(H,53,58)(H,59,60)(H4,34,35,44)(H4,36,37,45)(H4,38,39,46)(H4,40,41,47)(H4,42,43,48). The molecular weight excluding hydrogens is 790 g/mol. The molecule has 0 heterocycles. The van der Waals surface area contributed by atoms with Gasteiger partial charge in [-0.25, -0.2) is 4.79 Å². The average Bonchev–Trinajstić information content (AvgIpc) is 3.16. The molecule has 0 aromatic heterocycles. The summed E-state index contributed by atoms with van der Waals surface area (Å²) in [5.41, 5.74) is 59.5. The number of aliphatic imine (C=N–C) groups is 5. The van der Waals surface area contributed by atoms with E-state index in [-0.39, 0.29) is 127 Å². The lowest BCUT2D eigenvalue weighted by Crippen LogP contribution is -2.59. The van der Waals surface area contributed by atoms with Gasteiger partial charge in [-0.2, -0.15) is 0 Å². The van der Waals surface area contributed by atoms with E-state index in [1.807, 2.05) is 0 Å². The number of amides is 5. The van der Waals surface area contributed by atoms with Crippen molar-refractivity contribution < 1.29 is 33.9 Å². The number of nitrogens with one attached hydrogen (secondary N) is 5. The SMILES string of the molecule is NCC(=O)NC(CCCN=C(N)N)C(=O)NC(CCCN=C(N)N)C(=O)NC(CCCN=C(N)N)C(=O)NC(CCCN=C(N)N)C(=O)NC(CCCN=C(N)N)C(=O)O. The zero-order valence-corrected chi connectivity index (χ0v) is 33.7. The third kappa shape index (κ3) is 26.1. The van der Waals surface area contributed by atoms with Crippen LogP contribution in [0.5, 0.6) is 0 Å². The molecule has 0 saturated carbocycles. The van der Waals surface area contributed by atoms with Crippen LogP contribution >= 0.6 is 0 Å². The fraction of sp³-hybridized carbons (Fsp3) is 0.656. The summed E-state index contributed by atoms with van der Waals surface area (Å²) < 4.78 is 0. The third-order valence-corrected chi connectivity index (χ3v) is 8.08. The Morgan fingerprint density at radius 1 is 0.383 bits per heavy atom. The summed E-state index contributed by atoms with van der Waals surface area (Å²) in [5, 5.41) is 22.5. The van der Waals surface area contributed by atoms with Crippen LogP contribution < -0.4 is 89.7 Å². The lowest BCUT2D eigenvalue weighted by atomic mass is 10.0. The highest BCUT2D eigenvalue weighted by molar-refractivity contribution is 5.96. The molecule has 5 unspecified atom stereocenters. The molecule has 5 atom stereocenters. The summed E-state index contributed by atoms with van der Waals surface area (Å²) in [6.07, 6.45) is 0.761. The number of aliphatic carboxylic acids is 1. The maximum Gasteiger partial charge on any atom is 0.326 e. The Morgan fingerprint density at radius 2 is 0.600 bits per heavy atom. The average molecular weight is 856 g/mol. The minimum absolute atomic E-state index is 0.0438. The minimum Gasteiger partial charge on any atom is -0.480 e. The third-order valence-electron chi connectivity index (χ3n) is 8.08. The van der Waals surface area contributed by atoms with Crippen LogP contribution in [0.4, 0.5) is 0 Å². The largest absolute Gasteiger partial charge is 0.480 e. The van der Waals surface area contributed by atoms with Crippen LogP contribution in [-0.2, 0) is 28.8 Å². The highest BCUT2D eigenvalue weighted by atomic mass is 16.4. The molecule has 0 aliphatic rings. The molecule has 0 aromatic carbocycles. The summed E-state index contributed by atoms with van der Waals surface area (Å²) in [4.78, 5) is 98.6. The van der Waals surface area contributed by atoms with Crippen molar-refractivity contribution in [2.75, 3.05) is 39.3 Å². The Kier molecular flexibility index (Phi) is 26.8. The van der Waals surface area contributed by atoms with Crippen LogP contribution in [0.2, 0.25) is 0 Å². The molecule has 340 valence electrons. The van der Waals surface area contributed by atoms with E-state index in [0.717, 1.165) is 0 Å². The number of nitrogens with two attached hydrogens (primary N) is 11. The topological polar surface area (TPSA) is 531 Å². The number of carboxylic acids is 1. The van der Waals surface area contributed by atoms with Gasteiger partial charge < -0.3 is 94.8 Å². The van der Waals surface area contributed by atoms with E-state index in [9.17, 15) is 33.9 Å². The van der Waals surface area contributed by atoms with Gasteiger partial charge in [0.1, 0.15) is 30.2 Å². The maximum absolute atomic E-state index is 14.0. The summed E-state index contributed by atoms with van der Waals surface area (Å²) in [5.74, 6) is -6.32. The molecule has 0 aliphatic heterocycles. The van der Waals surface area contributed by atoms with Gasteiger partial charge in [-0.05, 0) is 64.2 Å². The molecule has 28 N–H and O–H groups in total. The molecule has 5 amide bonds. The van der Waals surface area contributed by atoms with Gasteiger partial charge in [-0.1, -0.05) is 0 Å². The molecule has 0 fully saturated rings. The van der Waals surface area contributed by atoms with E-state index in [4.69, 9.17) is 63.1 Å². The minimum atomic E-state index is -1.38. The van der Waals surface area contributed by atoms with Gasteiger partial charge in [0, 0.05) is 32.7 Å². The smallest absolute Gasteiger partial charge is 0.326 e. The summed E-state index contributed by atoms with van der Waals surface area (Å²) in [6.45, 7) is -0.0260. The molecule has 0 rings (SSSR count). The van der Waals surface area contributed by atoms with Gasteiger partial charge in [-0.3, -0.25) is 48.9 Å². The van der Waals surface area contributed by atoms with Crippen molar-refractivity contribution in [3.63, 3.8) is 0 Å². The highest BCUT2D eigenvalue weighted by Crippen LogP contribution is 2.09. The number of nitrogens with zero attached hydrogens (tertiary/aromatic N) is 5. The highest BCUT2D eigenvalue weighted by Gasteiger charge is 2.32. The quantitative estimate of drug-likeness (QED) is 0.0175. The van der Waals surface area contributed by atoms with Gasteiger partial charge >= 0.3 is 5.97 Å². The molecule has 28 nitrogen and oxygen atoms in total. The van der Waals surface area contributed by atoms with Crippen molar-refractivity contribution >= 4 is 65.3 Å². The number of hydrogen-bond acceptors (Lipinski definition) is 12. The van der Waals surface area contributed by atoms with Gasteiger partial charge in [0.15, 0.2) is 29.8 Å². The Hall–Kier alpha value is -6.87. The van der Waals surface area contributed by atoms with Gasteiger partial charge in [0.2, 0.25) is 29.5 Å². The van der Waals surface area contributed by atoms with Crippen LogP contribution in [0.25, 0.3) is 0 Å². The number of guanidine groups is 5. The molecule has 0 saturated heterocycles. The van der Waals surface area contributed by atoms with Crippen molar-refractivity contribution in [1.82, 2.24) is 26.6 Å². The lowest BCUT2D eigenvalue weighted by molar-refractivity contribution is -0.142. The van der Waals surface area contributed by atoms with E-state index < -0.39 is 72.3 Å². The Morgan fingerprint density at radius 3 is 0.817 bits per heavy atom. The monoisotopic (exact) mass is 856 g/mol. The zero-order valence-electron chi connectivity index (χ0n) is 33.7. The van der Waals surface area contributed by atoms with Crippen LogP contribution in [0.15, 0.2) is 25.0 Å². The van der Waals surface area contributed by atoms with Crippen LogP contribution in [-0.4, -0.2) is 140 Å². The number of carboxylic acid groups (broad SMARTS) is 1. The van der Waals surface area contributed by atoms with Crippen molar-refractivity contribution in [2.45, 2.75) is 94.4 Å². The van der Waals surface area contributed by atoms with Crippen LogP contribution in [0.1, 0.15) is 64.2 Å². The molecule has 0 radical (unpaired) electrons. The number of carbonyl (C=O) groups is 6. The first-order valence-corrected chi connectivity index (χ1v) is 19.0. The second-order valence-electron chi connectivity index (χ2n) is 13.2.